The van der Waals surface area contributed by atoms with Crippen LogP contribution in [-0.4, -0.2) is 24.9 Å². The van der Waals surface area contributed by atoms with Crippen LogP contribution in [0, 0.1) is 5.82 Å². The van der Waals surface area contributed by atoms with E-state index in [2.05, 4.69) is 4.98 Å². The van der Waals surface area contributed by atoms with E-state index in [1.54, 1.807) is 13.8 Å². The molecule has 0 aromatic carbocycles. The highest BCUT2D eigenvalue weighted by Crippen LogP contribution is 2.21. The zero-order chi connectivity index (χ0) is 13.8. The number of pyridine rings is 1. The number of sulfone groups is 1. The molecule has 1 aromatic rings. The molecule has 102 valence electrons. The highest BCUT2D eigenvalue weighted by atomic mass is 32.2. The molecule has 1 unspecified atom stereocenters. The lowest BCUT2D eigenvalue weighted by molar-refractivity contribution is 0.431. The lowest BCUT2D eigenvalue weighted by Gasteiger charge is -2.23. The lowest BCUT2D eigenvalue weighted by atomic mass is 9.93. The fourth-order valence-electron chi connectivity index (χ4n) is 1.65. The first kappa shape index (κ1) is 15.0. The maximum absolute atomic E-state index is 12.7. The van der Waals surface area contributed by atoms with Gasteiger partial charge in [0.1, 0.15) is 15.7 Å². The first-order valence-electron chi connectivity index (χ1n) is 5.88. The molecule has 0 spiro atoms. The number of hydrogen-bond acceptors (Lipinski definition) is 4. The van der Waals surface area contributed by atoms with Gasteiger partial charge in [-0.25, -0.2) is 12.8 Å². The zero-order valence-electron chi connectivity index (χ0n) is 10.7. The molecule has 4 nitrogen and oxygen atoms in total. The monoisotopic (exact) mass is 274 g/mol. The number of hydrogen-bond donors (Lipinski definition) is 1. The van der Waals surface area contributed by atoms with Crippen molar-refractivity contribution in [3.8, 4) is 0 Å². The predicted molar refractivity (Wildman–Crippen MR) is 69.3 cm³/mol. The van der Waals surface area contributed by atoms with Crippen LogP contribution in [0.4, 0.5) is 4.39 Å². The van der Waals surface area contributed by atoms with Gasteiger partial charge in [0.2, 0.25) is 0 Å². The number of aromatic nitrogens is 1. The fourth-order valence-corrected chi connectivity index (χ4v) is 2.52. The minimum absolute atomic E-state index is 0.123. The van der Waals surface area contributed by atoms with E-state index >= 15 is 0 Å². The molecule has 0 aliphatic carbocycles. The van der Waals surface area contributed by atoms with Crippen molar-refractivity contribution in [1.29, 1.82) is 0 Å². The molecule has 0 bridgehead atoms. The van der Waals surface area contributed by atoms with Crippen molar-refractivity contribution >= 4 is 9.84 Å². The van der Waals surface area contributed by atoms with Crippen molar-refractivity contribution in [3.63, 3.8) is 0 Å². The normalized spacial score (nSPS) is 15.3. The van der Waals surface area contributed by atoms with Crippen molar-refractivity contribution in [2.45, 2.75) is 32.2 Å². The van der Waals surface area contributed by atoms with Crippen LogP contribution in [-0.2, 0) is 15.4 Å². The summed E-state index contributed by atoms with van der Waals surface area (Å²) in [5.41, 5.74) is 5.91. The molecule has 1 rings (SSSR count). The third-order valence-corrected chi connectivity index (χ3v) is 4.69. The molecular weight excluding hydrogens is 255 g/mol. The van der Waals surface area contributed by atoms with Crippen molar-refractivity contribution in [2.24, 2.45) is 5.73 Å². The van der Waals surface area contributed by atoms with Crippen LogP contribution in [0.25, 0.3) is 0 Å². The van der Waals surface area contributed by atoms with Crippen LogP contribution in [0.3, 0.4) is 0 Å². The van der Waals surface area contributed by atoms with Gasteiger partial charge in [-0.3, -0.25) is 4.98 Å². The quantitative estimate of drug-likeness (QED) is 0.855. The molecule has 0 saturated carbocycles. The van der Waals surface area contributed by atoms with Crippen molar-refractivity contribution in [2.75, 3.05) is 11.5 Å². The van der Waals surface area contributed by atoms with E-state index in [-0.39, 0.29) is 11.5 Å². The van der Waals surface area contributed by atoms with Gasteiger partial charge in [-0.1, -0.05) is 6.92 Å². The maximum Gasteiger partial charge on any atom is 0.150 e. The van der Waals surface area contributed by atoms with Gasteiger partial charge < -0.3 is 5.73 Å². The molecule has 1 heterocycles. The smallest absolute Gasteiger partial charge is 0.150 e. The average molecular weight is 274 g/mol. The summed E-state index contributed by atoms with van der Waals surface area (Å²) in [6, 6.07) is 2.83. The third-order valence-electron chi connectivity index (χ3n) is 2.90. The van der Waals surface area contributed by atoms with E-state index in [0.717, 1.165) is 6.20 Å². The Bertz CT molecular complexity index is 483. The zero-order valence-corrected chi connectivity index (χ0v) is 11.5. The second-order valence-corrected chi connectivity index (χ2v) is 7.09. The van der Waals surface area contributed by atoms with E-state index in [1.165, 1.54) is 12.1 Å². The molecule has 1 atom stereocenters. The molecule has 0 amide bonds. The van der Waals surface area contributed by atoms with Crippen LogP contribution < -0.4 is 5.73 Å². The molecule has 0 aliphatic heterocycles. The van der Waals surface area contributed by atoms with Crippen molar-refractivity contribution in [1.82, 2.24) is 4.98 Å². The Morgan fingerprint density at radius 3 is 2.61 bits per heavy atom. The predicted octanol–water partition coefficient (Wildman–Crippen LogP) is 1.61. The van der Waals surface area contributed by atoms with Crippen molar-refractivity contribution < 1.29 is 12.8 Å². The summed E-state index contributed by atoms with van der Waals surface area (Å²) >= 11 is 0. The first-order chi connectivity index (χ1) is 8.27. The topological polar surface area (TPSA) is 73.0 Å². The minimum Gasteiger partial charge on any atom is -0.320 e. The molecule has 18 heavy (non-hydrogen) atoms. The van der Waals surface area contributed by atoms with Crippen molar-refractivity contribution in [3.05, 3.63) is 29.8 Å². The molecule has 2 N–H and O–H groups in total. The van der Waals surface area contributed by atoms with Crippen LogP contribution >= 0.6 is 0 Å². The van der Waals surface area contributed by atoms with E-state index < -0.39 is 21.2 Å². The minimum atomic E-state index is -2.97. The summed E-state index contributed by atoms with van der Waals surface area (Å²) < 4.78 is 35.5. The summed E-state index contributed by atoms with van der Waals surface area (Å²) in [6.07, 6.45) is 2.08. The van der Waals surface area contributed by atoms with Crippen LogP contribution in [0.5, 0.6) is 0 Å². The van der Waals surface area contributed by atoms with Gasteiger partial charge in [0, 0.05) is 5.75 Å². The summed E-state index contributed by atoms with van der Waals surface area (Å²) in [4.78, 5) is 3.94. The number of nitrogens with zero attached hydrogens (tertiary/aromatic N) is 1. The Hall–Kier alpha value is -1.01. The molecule has 0 aliphatic rings. The number of nitrogens with two attached hydrogens (primary N) is 1. The van der Waals surface area contributed by atoms with E-state index in [0.29, 0.717) is 18.5 Å². The largest absolute Gasteiger partial charge is 0.320 e. The number of rotatable bonds is 6. The van der Waals surface area contributed by atoms with Crippen LogP contribution in [0.15, 0.2) is 18.3 Å². The van der Waals surface area contributed by atoms with E-state index in [4.69, 9.17) is 5.73 Å². The second kappa shape index (κ2) is 5.75. The summed E-state index contributed by atoms with van der Waals surface area (Å²) in [5.74, 6) is -0.149. The second-order valence-electron chi connectivity index (χ2n) is 4.62. The van der Waals surface area contributed by atoms with Gasteiger partial charge in [-0.2, -0.15) is 0 Å². The standard InChI is InChI=1S/C12H19FN2O2S/c1-3-18(16,17)8-4-7-12(2,14)11-6-5-10(13)9-15-11/h5-6,9H,3-4,7-8,14H2,1-2H3. The lowest BCUT2D eigenvalue weighted by Crippen LogP contribution is -2.34. The van der Waals surface area contributed by atoms with Gasteiger partial charge in [0.15, 0.2) is 0 Å². The Morgan fingerprint density at radius 1 is 1.44 bits per heavy atom. The Morgan fingerprint density at radius 2 is 2.11 bits per heavy atom. The van der Waals surface area contributed by atoms with Gasteiger partial charge in [0.05, 0.1) is 23.2 Å². The summed E-state index contributed by atoms with van der Waals surface area (Å²) in [6.45, 7) is 3.39. The summed E-state index contributed by atoms with van der Waals surface area (Å²) in [5, 5.41) is 0. The SMILES string of the molecule is CCS(=O)(=O)CCCC(C)(N)c1ccc(F)cn1. The summed E-state index contributed by atoms with van der Waals surface area (Å²) in [7, 11) is -2.97. The average Bonchev–Trinajstić information content (AvgIpc) is 2.29. The fraction of sp³-hybridized carbons (Fsp3) is 0.583. The molecule has 0 fully saturated rings. The van der Waals surface area contributed by atoms with Crippen LogP contribution in [0.1, 0.15) is 32.4 Å². The first-order valence-corrected chi connectivity index (χ1v) is 7.70. The molecule has 6 heteroatoms. The highest BCUT2D eigenvalue weighted by Gasteiger charge is 2.23. The maximum atomic E-state index is 12.7. The molecule has 0 saturated heterocycles. The highest BCUT2D eigenvalue weighted by molar-refractivity contribution is 7.91. The number of halogens is 1. The Labute approximate surface area is 107 Å². The van der Waals surface area contributed by atoms with E-state index in [9.17, 15) is 12.8 Å². The van der Waals surface area contributed by atoms with Gasteiger partial charge in [-0.05, 0) is 31.9 Å². The Kier molecular flexibility index (Phi) is 4.81. The van der Waals surface area contributed by atoms with Crippen LogP contribution in [0.2, 0.25) is 0 Å². The van der Waals surface area contributed by atoms with Gasteiger partial charge in [-0.15, -0.1) is 0 Å². The third kappa shape index (κ3) is 4.34. The molecule has 1 aromatic heterocycles. The van der Waals surface area contributed by atoms with Gasteiger partial charge in [0.25, 0.3) is 0 Å². The molecule has 0 radical (unpaired) electrons. The Balaban J connectivity index is 2.62. The van der Waals surface area contributed by atoms with Gasteiger partial charge >= 0.3 is 0 Å². The molecular formula is C12H19FN2O2S. The van der Waals surface area contributed by atoms with E-state index in [1.807, 2.05) is 0 Å².